The summed E-state index contributed by atoms with van der Waals surface area (Å²) in [5.74, 6) is 2.58. The third kappa shape index (κ3) is 4.37. The van der Waals surface area contributed by atoms with Gasteiger partial charge in [-0.1, -0.05) is 27.7 Å². The van der Waals surface area contributed by atoms with Gasteiger partial charge in [0.15, 0.2) is 5.82 Å². The van der Waals surface area contributed by atoms with Gasteiger partial charge in [-0.25, -0.2) is 15.0 Å². The molecule has 0 aliphatic heterocycles. The molecule has 2 N–H and O–H groups in total. The Morgan fingerprint density at radius 2 is 1.76 bits per heavy atom. The monoisotopic (exact) mass is 389 g/mol. The Bertz CT molecular complexity index is 1070. The molecule has 6 heteroatoms. The number of nitrogens with one attached hydrogen (secondary N) is 2. The van der Waals surface area contributed by atoms with E-state index in [4.69, 9.17) is 9.72 Å². The van der Waals surface area contributed by atoms with Crippen LogP contribution in [0.15, 0.2) is 55.0 Å². The number of hydrogen-bond donors (Lipinski definition) is 2. The van der Waals surface area contributed by atoms with Crippen molar-refractivity contribution < 1.29 is 4.74 Å². The molecule has 0 aliphatic rings. The quantitative estimate of drug-likeness (QED) is 0.443. The molecular formula is C23H27N5O. The van der Waals surface area contributed by atoms with Crippen LogP contribution in [0.25, 0.3) is 22.4 Å². The van der Waals surface area contributed by atoms with Crippen molar-refractivity contribution in [3.63, 3.8) is 0 Å². The van der Waals surface area contributed by atoms with Gasteiger partial charge in [-0.3, -0.25) is 0 Å². The standard InChI is InChI=1S/C21H21N5O.C2H6/c1-13(2)17-12-24-19(14-4-6-15(27-3)7-5-14)26-21(17)25-18-9-11-23-20-16(18)8-10-22-20;1-2/h4-13H,1-3H3,(H2,22,23,24,25,26);1-2H3. The lowest BCUT2D eigenvalue weighted by molar-refractivity contribution is 0.415. The summed E-state index contributed by atoms with van der Waals surface area (Å²) < 4.78 is 5.23. The summed E-state index contributed by atoms with van der Waals surface area (Å²) in [5.41, 5.74) is 3.81. The van der Waals surface area contributed by atoms with Crippen LogP contribution in [0.4, 0.5) is 11.5 Å². The maximum absolute atomic E-state index is 5.23. The Balaban J connectivity index is 0.00000117. The molecule has 0 fully saturated rings. The molecular weight excluding hydrogens is 362 g/mol. The zero-order chi connectivity index (χ0) is 20.8. The second kappa shape index (κ2) is 9.19. The summed E-state index contributed by atoms with van der Waals surface area (Å²) in [7, 11) is 1.65. The van der Waals surface area contributed by atoms with Crippen LogP contribution in [-0.4, -0.2) is 27.0 Å². The van der Waals surface area contributed by atoms with Crippen LogP contribution in [0, 0.1) is 0 Å². The topological polar surface area (TPSA) is 75.7 Å². The van der Waals surface area contributed by atoms with E-state index in [1.807, 2.05) is 62.6 Å². The predicted molar refractivity (Wildman–Crippen MR) is 119 cm³/mol. The number of H-pyrrole nitrogens is 1. The third-order valence-corrected chi connectivity index (χ3v) is 4.50. The molecule has 6 nitrogen and oxygen atoms in total. The second-order valence-electron chi connectivity index (χ2n) is 6.60. The Hall–Kier alpha value is -3.41. The number of anilines is 2. The number of aromatic amines is 1. The minimum absolute atomic E-state index is 0.293. The van der Waals surface area contributed by atoms with Crippen LogP contribution in [0.3, 0.4) is 0 Å². The fraction of sp³-hybridized carbons (Fsp3) is 0.261. The Morgan fingerprint density at radius 1 is 1.00 bits per heavy atom. The average Bonchev–Trinajstić information content (AvgIpc) is 3.25. The Labute approximate surface area is 171 Å². The number of benzene rings is 1. The number of fused-ring (bicyclic) bond motifs is 1. The van der Waals surface area contributed by atoms with Gasteiger partial charge < -0.3 is 15.0 Å². The first-order valence-corrected chi connectivity index (χ1v) is 9.86. The van der Waals surface area contributed by atoms with Crippen molar-refractivity contribution in [2.75, 3.05) is 12.4 Å². The molecule has 0 bridgehead atoms. The number of methoxy groups -OCH3 is 1. The number of aromatic nitrogens is 4. The van der Waals surface area contributed by atoms with Crippen molar-refractivity contribution in [2.24, 2.45) is 0 Å². The fourth-order valence-electron chi connectivity index (χ4n) is 2.99. The molecule has 0 unspecified atom stereocenters. The number of hydrogen-bond acceptors (Lipinski definition) is 5. The van der Waals surface area contributed by atoms with Crippen LogP contribution < -0.4 is 10.1 Å². The zero-order valence-corrected chi connectivity index (χ0v) is 17.5. The number of pyridine rings is 1. The van der Waals surface area contributed by atoms with Gasteiger partial charge in [-0.05, 0) is 42.3 Å². The number of rotatable bonds is 5. The van der Waals surface area contributed by atoms with Crippen molar-refractivity contribution in [1.29, 1.82) is 0 Å². The van der Waals surface area contributed by atoms with E-state index < -0.39 is 0 Å². The van der Waals surface area contributed by atoms with E-state index in [0.29, 0.717) is 11.7 Å². The van der Waals surface area contributed by atoms with E-state index in [2.05, 4.69) is 34.1 Å². The van der Waals surface area contributed by atoms with Gasteiger partial charge in [0.25, 0.3) is 0 Å². The first-order chi connectivity index (χ1) is 14.2. The van der Waals surface area contributed by atoms with E-state index in [1.54, 1.807) is 13.3 Å². The van der Waals surface area contributed by atoms with Gasteiger partial charge in [-0.2, -0.15) is 0 Å². The molecule has 29 heavy (non-hydrogen) atoms. The molecule has 3 aromatic heterocycles. The molecule has 0 saturated heterocycles. The summed E-state index contributed by atoms with van der Waals surface area (Å²) in [5, 5.41) is 4.50. The summed E-state index contributed by atoms with van der Waals surface area (Å²) in [6, 6.07) is 11.7. The van der Waals surface area contributed by atoms with Gasteiger partial charge in [0, 0.05) is 35.1 Å². The Morgan fingerprint density at radius 3 is 2.45 bits per heavy atom. The van der Waals surface area contributed by atoms with E-state index in [1.165, 1.54) is 0 Å². The highest BCUT2D eigenvalue weighted by atomic mass is 16.5. The van der Waals surface area contributed by atoms with Crippen molar-refractivity contribution in [1.82, 2.24) is 19.9 Å². The highest BCUT2D eigenvalue weighted by Crippen LogP contribution is 2.30. The van der Waals surface area contributed by atoms with E-state index in [-0.39, 0.29) is 0 Å². The van der Waals surface area contributed by atoms with Crippen molar-refractivity contribution in [3.8, 4) is 17.1 Å². The minimum Gasteiger partial charge on any atom is -0.497 e. The summed E-state index contributed by atoms with van der Waals surface area (Å²) >= 11 is 0. The molecule has 4 aromatic rings. The average molecular weight is 390 g/mol. The van der Waals surface area contributed by atoms with Crippen LogP contribution in [-0.2, 0) is 0 Å². The number of ether oxygens (including phenoxy) is 1. The van der Waals surface area contributed by atoms with Crippen LogP contribution in [0.1, 0.15) is 39.2 Å². The third-order valence-electron chi connectivity index (χ3n) is 4.50. The lowest BCUT2D eigenvalue weighted by Crippen LogP contribution is -2.04. The zero-order valence-electron chi connectivity index (χ0n) is 17.5. The lowest BCUT2D eigenvalue weighted by atomic mass is 10.1. The fourth-order valence-corrected chi connectivity index (χ4v) is 2.99. The van der Waals surface area contributed by atoms with Crippen molar-refractivity contribution in [2.45, 2.75) is 33.6 Å². The normalized spacial score (nSPS) is 10.6. The minimum atomic E-state index is 0.293. The molecule has 0 radical (unpaired) electrons. The highest BCUT2D eigenvalue weighted by molar-refractivity contribution is 5.91. The summed E-state index contributed by atoms with van der Waals surface area (Å²) in [6.07, 6.45) is 5.56. The first-order valence-electron chi connectivity index (χ1n) is 9.86. The van der Waals surface area contributed by atoms with Crippen LogP contribution in [0.5, 0.6) is 5.75 Å². The van der Waals surface area contributed by atoms with Gasteiger partial charge in [-0.15, -0.1) is 0 Å². The molecule has 0 amide bonds. The maximum Gasteiger partial charge on any atom is 0.161 e. The maximum atomic E-state index is 5.23. The first kappa shape index (κ1) is 20.3. The molecule has 150 valence electrons. The van der Waals surface area contributed by atoms with Gasteiger partial charge in [0.1, 0.15) is 17.2 Å². The summed E-state index contributed by atoms with van der Waals surface area (Å²) in [4.78, 5) is 16.9. The summed E-state index contributed by atoms with van der Waals surface area (Å²) in [6.45, 7) is 8.27. The largest absolute Gasteiger partial charge is 0.497 e. The number of nitrogens with zero attached hydrogens (tertiary/aromatic N) is 3. The van der Waals surface area contributed by atoms with Gasteiger partial charge in [0.05, 0.1) is 12.8 Å². The molecule has 4 rings (SSSR count). The molecule has 0 aliphatic carbocycles. The lowest BCUT2D eigenvalue weighted by Gasteiger charge is -2.15. The molecule has 3 heterocycles. The Kier molecular flexibility index (Phi) is 6.44. The van der Waals surface area contributed by atoms with Gasteiger partial charge >= 0.3 is 0 Å². The van der Waals surface area contributed by atoms with Crippen LogP contribution in [0.2, 0.25) is 0 Å². The van der Waals surface area contributed by atoms with Gasteiger partial charge in [0.2, 0.25) is 0 Å². The SMILES string of the molecule is CC.COc1ccc(-c2ncc(C(C)C)c(Nc3ccnc4[nH]ccc34)n2)cc1. The molecule has 0 saturated carbocycles. The molecule has 0 spiro atoms. The molecule has 1 aromatic carbocycles. The second-order valence-corrected chi connectivity index (χ2v) is 6.60. The van der Waals surface area contributed by atoms with E-state index in [0.717, 1.165) is 39.4 Å². The molecule has 0 atom stereocenters. The predicted octanol–water partition coefficient (Wildman–Crippen LogP) is 5.92. The highest BCUT2D eigenvalue weighted by Gasteiger charge is 2.13. The smallest absolute Gasteiger partial charge is 0.161 e. The van der Waals surface area contributed by atoms with Crippen molar-refractivity contribution >= 4 is 22.5 Å². The van der Waals surface area contributed by atoms with E-state index >= 15 is 0 Å². The van der Waals surface area contributed by atoms with Crippen molar-refractivity contribution in [3.05, 3.63) is 60.6 Å². The van der Waals surface area contributed by atoms with E-state index in [9.17, 15) is 0 Å². The van der Waals surface area contributed by atoms with Crippen LogP contribution >= 0.6 is 0 Å².